The highest BCUT2D eigenvalue weighted by molar-refractivity contribution is 5.69. The first-order valence-electron chi connectivity index (χ1n) is 4.79. The number of hydrogen-bond acceptors (Lipinski definition) is 3. The lowest BCUT2D eigenvalue weighted by atomic mass is 9.93. The van der Waals surface area contributed by atoms with Crippen molar-refractivity contribution in [3.63, 3.8) is 0 Å². The fraction of sp³-hybridized carbons (Fsp3) is 0.889. The highest BCUT2D eigenvalue weighted by atomic mass is 16.4. The van der Waals surface area contributed by atoms with Gasteiger partial charge in [-0.3, -0.25) is 9.69 Å². The topological polar surface area (TPSA) is 66.6 Å². The van der Waals surface area contributed by atoms with Crippen molar-refractivity contribution >= 4 is 5.97 Å². The molecule has 2 unspecified atom stereocenters. The second kappa shape index (κ2) is 4.58. The van der Waals surface area contributed by atoms with E-state index in [1.165, 1.54) is 0 Å². The second-order valence-corrected chi connectivity index (χ2v) is 3.85. The van der Waals surface area contributed by atoms with Crippen LogP contribution in [-0.2, 0) is 4.79 Å². The van der Waals surface area contributed by atoms with Gasteiger partial charge < -0.3 is 10.8 Å². The van der Waals surface area contributed by atoms with Gasteiger partial charge in [-0.25, -0.2) is 0 Å². The lowest BCUT2D eigenvalue weighted by molar-refractivity contribution is -0.139. The summed E-state index contributed by atoms with van der Waals surface area (Å²) < 4.78 is 0. The maximum atomic E-state index is 10.5. The van der Waals surface area contributed by atoms with Crippen molar-refractivity contribution in [1.29, 1.82) is 0 Å². The van der Waals surface area contributed by atoms with Crippen LogP contribution in [0.25, 0.3) is 0 Å². The first kappa shape index (κ1) is 10.5. The number of rotatable bonds is 3. The molecule has 0 aliphatic carbocycles. The zero-order valence-electron chi connectivity index (χ0n) is 8.07. The molecular formula is C9H18N2O2. The van der Waals surface area contributed by atoms with E-state index in [9.17, 15) is 4.79 Å². The Morgan fingerprint density at radius 2 is 2.31 bits per heavy atom. The average molecular weight is 186 g/mol. The third-order valence-electron chi connectivity index (χ3n) is 2.78. The molecule has 1 heterocycles. The van der Waals surface area contributed by atoms with E-state index in [-0.39, 0.29) is 6.54 Å². The van der Waals surface area contributed by atoms with Gasteiger partial charge in [0.25, 0.3) is 0 Å². The lowest BCUT2D eigenvalue weighted by Gasteiger charge is -2.36. The zero-order chi connectivity index (χ0) is 9.84. The van der Waals surface area contributed by atoms with Gasteiger partial charge in [0.1, 0.15) is 0 Å². The summed E-state index contributed by atoms with van der Waals surface area (Å²) in [5.74, 6) is -0.264. The van der Waals surface area contributed by atoms with Crippen molar-refractivity contribution in [3.8, 4) is 0 Å². The molecule has 0 spiro atoms. The summed E-state index contributed by atoms with van der Waals surface area (Å²) >= 11 is 0. The maximum Gasteiger partial charge on any atom is 0.317 e. The highest BCUT2D eigenvalue weighted by Gasteiger charge is 2.25. The minimum Gasteiger partial charge on any atom is -0.480 e. The Morgan fingerprint density at radius 3 is 2.85 bits per heavy atom. The molecule has 2 atom stereocenters. The summed E-state index contributed by atoms with van der Waals surface area (Å²) in [6.45, 7) is 3.74. The van der Waals surface area contributed by atoms with Crippen LogP contribution in [0.15, 0.2) is 0 Å². The molecule has 0 aromatic heterocycles. The fourth-order valence-electron chi connectivity index (χ4n) is 1.85. The van der Waals surface area contributed by atoms with Crippen molar-refractivity contribution in [1.82, 2.24) is 4.90 Å². The third kappa shape index (κ3) is 2.97. The normalized spacial score (nSPS) is 30.3. The molecule has 13 heavy (non-hydrogen) atoms. The van der Waals surface area contributed by atoms with Crippen LogP contribution >= 0.6 is 0 Å². The third-order valence-corrected chi connectivity index (χ3v) is 2.78. The molecule has 0 bridgehead atoms. The summed E-state index contributed by atoms with van der Waals surface area (Å²) in [7, 11) is 0. The van der Waals surface area contributed by atoms with E-state index >= 15 is 0 Å². The standard InChI is InChI=1S/C9H18N2O2/c1-7-2-3-8(4-10)5-11(7)6-9(12)13/h7-8H,2-6,10H2,1H3,(H,12,13). The molecule has 1 fully saturated rings. The molecule has 4 nitrogen and oxygen atoms in total. The van der Waals surface area contributed by atoms with E-state index in [1.807, 2.05) is 4.90 Å². The van der Waals surface area contributed by atoms with E-state index in [1.54, 1.807) is 0 Å². The monoisotopic (exact) mass is 186 g/mol. The Balaban J connectivity index is 2.44. The van der Waals surface area contributed by atoms with Crippen molar-refractivity contribution < 1.29 is 9.90 Å². The molecule has 76 valence electrons. The Kier molecular flexibility index (Phi) is 3.69. The Morgan fingerprint density at radius 1 is 1.62 bits per heavy atom. The van der Waals surface area contributed by atoms with Crippen LogP contribution in [0.4, 0.5) is 0 Å². The fourth-order valence-corrected chi connectivity index (χ4v) is 1.85. The predicted molar refractivity (Wildman–Crippen MR) is 50.4 cm³/mol. The van der Waals surface area contributed by atoms with Crippen LogP contribution in [0.3, 0.4) is 0 Å². The van der Waals surface area contributed by atoms with Crippen molar-refractivity contribution in [2.45, 2.75) is 25.8 Å². The summed E-state index contributed by atoms with van der Waals surface area (Å²) in [5, 5.41) is 8.67. The number of likely N-dealkylation sites (tertiary alicyclic amines) is 1. The minimum absolute atomic E-state index is 0.150. The number of nitrogens with zero attached hydrogens (tertiary/aromatic N) is 1. The van der Waals surface area contributed by atoms with Gasteiger partial charge in [-0.1, -0.05) is 0 Å². The Bertz CT molecular complexity index is 184. The predicted octanol–water partition coefficient (Wildman–Crippen LogP) is 0.130. The van der Waals surface area contributed by atoms with Gasteiger partial charge in [-0.2, -0.15) is 0 Å². The first-order valence-corrected chi connectivity index (χ1v) is 4.79. The lowest BCUT2D eigenvalue weighted by Crippen LogP contribution is -2.46. The number of piperidine rings is 1. The number of carboxylic acid groups (broad SMARTS) is 1. The van der Waals surface area contributed by atoms with Crippen molar-refractivity contribution in [2.75, 3.05) is 19.6 Å². The van der Waals surface area contributed by atoms with Gasteiger partial charge in [-0.15, -0.1) is 0 Å². The summed E-state index contributed by atoms with van der Waals surface area (Å²) in [5.41, 5.74) is 5.57. The number of hydrogen-bond donors (Lipinski definition) is 2. The molecule has 4 heteroatoms. The van der Waals surface area contributed by atoms with Gasteiger partial charge >= 0.3 is 5.97 Å². The van der Waals surface area contributed by atoms with Gasteiger partial charge in [-0.05, 0) is 32.2 Å². The molecule has 1 rings (SSSR count). The summed E-state index contributed by atoms with van der Waals surface area (Å²) in [4.78, 5) is 12.5. The molecule has 0 amide bonds. The molecule has 1 aliphatic heterocycles. The quantitative estimate of drug-likeness (QED) is 0.657. The smallest absolute Gasteiger partial charge is 0.317 e. The molecule has 3 N–H and O–H groups in total. The average Bonchev–Trinajstić information content (AvgIpc) is 2.08. The van der Waals surface area contributed by atoms with E-state index in [0.717, 1.165) is 19.4 Å². The number of aliphatic carboxylic acids is 1. The molecule has 1 aliphatic rings. The van der Waals surface area contributed by atoms with E-state index in [4.69, 9.17) is 10.8 Å². The van der Waals surface area contributed by atoms with Crippen LogP contribution in [-0.4, -0.2) is 41.7 Å². The van der Waals surface area contributed by atoms with Crippen LogP contribution in [0.5, 0.6) is 0 Å². The van der Waals surface area contributed by atoms with Crippen LogP contribution in [0.2, 0.25) is 0 Å². The molecule has 0 aromatic rings. The largest absolute Gasteiger partial charge is 0.480 e. The Hall–Kier alpha value is -0.610. The summed E-state index contributed by atoms with van der Waals surface area (Å²) in [6.07, 6.45) is 2.20. The van der Waals surface area contributed by atoms with E-state index in [2.05, 4.69) is 6.92 Å². The second-order valence-electron chi connectivity index (χ2n) is 3.85. The minimum atomic E-state index is -0.746. The van der Waals surface area contributed by atoms with Gasteiger partial charge in [0.2, 0.25) is 0 Å². The molecular weight excluding hydrogens is 168 g/mol. The van der Waals surface area contributed by atoms with Crippen LogP contribution < -0.4 is 5.73 Å². The molecule has 0 saturated carbocycles. The molecule has 0 aromatic carbocycles. The summed E-state index contributed by atoms with van der Waals surface area (Å²) in [6, 6.07) is 0.388. The highest BCUT2D eigenvalue weighted by Crippen LogP contribution is 2.20. The zero-order valence-corrected chi connectivity index (χ0v) is 8.07. The van der Waals surface area contributed by atoms with Crippen LogP contribution in [0.1, 0.15) is 19.8 Å². The maximum absolute atomic E-state index is 10.5. The molecule has 1 saturated heterocycles. The van der Waals surface area contributed by atoms with Crippen LogP contribution in [0, 0.1) is 5.92 Å². The van der Waals surface area contributed by atoms with Gasteiger partial charge in [0.05, 0.1) is 6.54 Å². The SMILES string of the molecule is CC1CCC(CN)CN1CC(=O)O. The first-order chi connectivity index (χ1) is 6.13. The number of carbonyl (C=O) groups is 1. The van der Waals surface area contributed by atoms with E-state index in [0.29, 0.717) is 18.5 Å². The van der Waals surface area contributed by atoms with Gasteiger partial charge in [0, 0.05) is 12.6 Å². The molecule has 0 radical (unpaired) electrons. The number of carboxylic acids is 1. The Labute approximate surface area is 78.7 Å². The van der Waals surface area contributed by atoms with E-state index < -0.39 is 5.97 Å². The van der Waals surface area contributed by atoms with Crippen molar-refractivity contribution in [3.05, 3.63) is 0 Å². The van der Waals surface area contributed by atoms with Crippen molar-refractivity contribution in [2.24, 2.45) is 11.7 Å². The van der Waals surface area contributed by atoms with Gasteiger partial charge in [0.15, 0.2) is 0 Å². The number of nitrogens with two attached hydrogens (primary N) is 1.